The van der Waals surface area contributed by atoms with E-state index in [-0.39, 0.29) is 0 Å². The van der Waals surface area contributed by atoms with Gasteiger partial charge in [0, 0.05) is 12.1 Å². The van der Waals surface area contributed by atoms with Crippen LogP contribution in [-0.2, 0) is 6.54 Å². The molecule has 0 unspecified atom stereocenters. The van der Waals surface area contributed by atoms with Crippen LogP contribution < -0.4 is 5.32 Å². The maximum atomic E-state index is 5.79. The van der Waals surface area contributed by atoms with Gasteiger partial charge in [0.1, 0.15) is 0 Å². The molecule has 1 aromatic heterocycles. The highest BCUT2D eigenvalue weighted by molar-refractivity contribution is 6.29. The molecule has 0 bridgehead atoms. The van der Waals surface area contributed by atoms with Crippen LogP contribution in [0.25, 0.3) is 0 Å². The molecule has 0 aliphatic rings. The number of halogens is 1. The number of nitrogens with one attached hydrogen (secondary N) is 1. The predicted octanol–water partition coefficient (Wildman–Crippen LogP) is 1.97. The average molecular weight is 217 g/mol. The second-order valence-corrected chi connectivity index (χ2v) is 3.90. The molecule has 1 N–H and O–H groups in total. The summed E-state index contributed by atoms with van der Waals surface area (Å²) in [5, 5.41) is 3.80. The lowest BCUT2D eigenvalue weighted by Gasteiger charge is -2.09. The number of hydrogen-bond acceptors (Lipinski definition) is 3. The molecule has 0 fully saturated rings. The van der Waals surface area contributed by atoms with Crippen molar-refractivity contribution in [1.29, 1.82) is 0 Å². The average Bonchev–Trinajstić information content (AvgIpc) is 2.51. The van der Waals surface area contributed by atoms with E-state index in [0.717, 1.165) is 31.6 Å². The molecule has 0 atom stereocenters. The van der Waals surface area contributed by atoms with Gasteiger partial charge in [-0.15, -0.1) is 0 Å². The van der Waals surface area contributed by atoms with Crippen LogP contribution in [-0.4, -0.2) is 32.1 Å². The van der Waals surface area contributed by atoms with E-state index in [4.69, 9.17) is 16.0 Å². The van der Waals surface area contributed by atoms with Gasteiger partial charge in [-0.05, 0) is 51.3 Å². The minimum absolute atomic E-state index is 0.491. The molecular formula is C10H17ClN2O. The molecule has 4 heteroatoms. The van der Waals surface area contributed by atoms with Crippen molar-refractivity contribution in [3.8, 4) is 0 Å². The van der Waals surface area contributed by atoms with Crippen molar-refractivity contribution in [3.63, 3.8) is 0 Å². The summed E-state index contributed by atoms with van der Waals surface area (Å²) < 4.78 is 4.98. The van der Waals surface area contributed by atoms with Gasteiger partial charge in [0.05, 0.1) is 6.26 Å². The summed E-state index contributed by atoms with van der Waals surface area (Å²) in [5.74, 6) is 0. The highest BCUT2D eigenvalue weighted by Crippen LogP contribution is 2.15. The molecule has 0 spiro atoms. The molecular weight excluding hydrogens is 200 g/mol. The second-order valence-electron chi connectivity index (χ2n) is 3.55. The van der Waals surface area contributed by atoms with Crippen LogP contribution in [0.5, 0.6) is 0 Å². The number of furan rings is 1. The number of rotatable bonds is 6. The normalized spacial score (nSPS) is 11.1. The second kappa shape index (κ2) is 6.06. The molecule has 14 heavy (non-hydrogen) atoms. The smallest absolute Gasteiger partial charge is 0.197 e. The SMILES string of the molecule is CN(C)CCCNCc1ccoc1Cl. The Hall–Kier alpha value is -0.510. The summed E-state index contributed by atoms with van der Waals surface area (Å²) >= 11 is 5.79. The third-order valence-corrected chi connectivity index (χ3v) is 2.30. The topological polar surface area (TPSA) is 28.4 Å². The van der Waals surface area contributed by atoms with Crippen molar-refractivity contribution in [2.45, 2.75) is 13.0 Å². The van der Waals surface area contributed by atoms with Gasteiger partial charge < -0.3 is 14.6 Å². The van der Waals surface area contributed by atoms with Crippen LogP contribution in [0.1, 0.15) is 12.0 Å². The van der Waals surface area contributed by atoms with Crippen LogP contribution >= 0.6 is 11.6 Å². The summed E-state index contributed by atoms with van der Waals surface area (Å²) in [6.07, 6.45) is 2.75. The van der Waals surface area contributed by atoms with Crippen molar-refractivity contribution in [3.05, 3.63) is 23.1 Å². The number of hydrogen-bond donors (Lipinski definition) is 1. The summed E-state index contributed by atoms with van der Waals surface area (Å²) in [6, 6.07) is 1.89. The first-order valence-electron chi connectivity index (χ1n) is 4.77. The molecule has 0 saturated carbocycles. The molecule has 0 radical (unpaired) electrons. The largest absolute Gasteiger partial charge is 0.453 e. The summed E-state index contributed by atoms with van der Waals surface area (Å²) in [5.41, 5.74) is 1.02. The quantitative estimate of drug-likeness (QED) is 0.738. The zero-order valence-corrected chi connectivity index (χ0v) is 9.47. The Morgan fingerprint density at radius 2 is 2.29 bits per heavy atom. The lowest BCUT2D eigenvalue weighted by atomic mass is 10.3. The van der Waals surface area contributed by atoms with E-state index in [1.807, 2.05) is 6.07 Å². The lowest BCUT2D eigenvalue weighted by Crippen LogP contribution is -2.20. The van der Waals surface area contributed by atoms with Crippen LogP contribution in [0.15, 0.2) is 16.7 Å². The third kappa shape index (κ3) is 4.13. The number of nitrogens with zero attached hydrogens (tertiary/aromatic N) is 1. The Labute approximate surface area is 90.0 Å². The van der Waals surface area contributed by atoms with E-state index in [2.05, 4.69) is 24.3 Å². The molecule has 3 nitrogen and oxygen atoms in total. The minimum Gasteiger partial charge on any atom is -0.453 e. The maximum Gasteiger partial charge on any atom is 0.197 e. The molecule has 1 rings (SSSR count). The van der Waals surface area contributed by atoms with Crippen LogP contribution in [0.4, 0.5) is 0 Å². The Balaban J connectivity index is 2.08. The molecule has 0 aliphatic carbocycles. The van der Waals surface area contributed by atoms with Crippen molar-refractivity contribution in [2.24, 2.45) is 0 Å². The van der Waals surface area contributed by atoms with E-state index in [0.29, 0.717) is 5.22 Å². The van der Waals surface area contributed by atoms with Crippen molar-refractivity contribution >= 4 is 11.6 Å². The Kier molecular flexibility index (Phi) is 5.01. The van der Waals surface area contributed by atoms with Crippen molar-refractivity contribution in [2.75, 3.05) is 27.2 Å². The van der Waals surface area contributed by atoms with E-state index in [1.165, 1.54) is 0 Å². The van der Waals surface area contributed by atoms with Gasteiger partial charge in [0.25, 0.3) is 0 Å². The molecule has 1 heterocycles. The van der Waals surface area contributed by atoms with E-state index >= 15 is 0 Å². The van der Waals surface area contributed by atoms with Gasteiger partial charge in [0.15, 0.2) is 5.22 Å². The fraction of sp³-hybridized carbons (Fsp3) is 0.600. The predicted molar refractivity (Wildman–Crippen MR) is 58.6 cm³/mol. The molecule has 80 valence electrons. The minimum atomic E-state index is 0.491. The van der Waals surface area contributed by atoms with E-state index in [9.17, 15) is 0 Å². The summed E-state index contributed by atoms with van der Waals surface area (Å²) in [7, 11) is 4.15. The zero-order chi connectivity index (χ0) is 10.4. The standard InChI is InChI=1S/C10H17ClN2O/c1-13(2)6-3-5-12-8-9-4-7-14-10(9)11/h4,7,12H,3,5-6,8H2,1-2H3. The summed E-state index contributed by atoms with van der Waals surface area (Å²) in [4.78, 5) is 2.17. The summed E-state index contributed by atoms with van der Waals surface area (Å²) in [6.45, 7) is 2.88. The highest BCUT2D eigenvalue weighted by atomic mass is 35.5. The monoisotopic (exact) mass is 216 g/mol. The molecule has 0 saturated heterocycles. The van der Waals surface area contributed by atoms with Gasteiger partial charge >= 0.3 is 0 Å². The Bertz CT molecular complexity index is 260. The van der Waals surface area contributed by atoms with Crippen molar-refractivity contribution < 1.29 is 4.42 Å². The van der Waals surface area contributed by atoms with Crippen LogP contribution in [0.2, 0.25) is 5.22 Å². The zero-order valence-electron chi connectivity index (χ0n) is 8.72. The lowest BCUT2D eigenvalue weighted by molar-refractivity contribution is 0.394. The molecule has 0 aliphatic heterocycles. The molecule has 0 amide bonds. The molecule has 1 aromatic rings. The first-order valence-corrected chi connectivity index (χ1v) is 5.15. The van der Waals surface area contributed by atoms with Gasteiger partial charge in [-0.2, -0.15) is 0 Å². The van der Waals surface area contributed by atoms with Crippen LogP contribution in [0.3, 0.4) is 0 Å². The Morgan fingerprint density at radius 3 is 2.86 bits per heavy atom. The third-order valence-electron chi connectivity index (χ3n) is 1.97. The van der Waals surface area contributed by atoms with Crippen LogP contribution in [0, 0.1) is 0 Å². The highest BCUT2D eigenvalue weighted by Gasteiger charge is 2.01. The fourth-order valence-electron chi connectivity index (χ4n) is 1.19. The first kappa shape index (κ1) is 11.6. The van der Waals surface area contributed by atoms with Gasteiger partial charge in [-0.3, -0.25) is 0 Å². The van der Waals surface area contributed by atoms with E-state index in [1.54, 1.807) is 6.26 Å². The molecule has 0 aromatic carbocycles. The Morgan fingerprint density at radius 1 is 1.50 bits per heavy atom. The first-order chi connectivity index (χ1) is 6.70. The van der Waals surface area contributed by atoms with Gasteiger partial charge in [0.2, 0.25) is 0 Å². The maximum absolute atomic E-state index is 5.79. The van der Waals surface area contributed by atoms with Crippen molar-refractivity contribution in [1.82, 2.24) is 10.2 Å². The fourth-order valence-corrected chi connectivity index (χ4v) is 1.37. The van der Waals surface area contributed by atoms with Gasteiger partial charge in [-0.1, -0.05) is 0 Å². The van der Waals surface area contributed by atoms with E-state index < -0.39 is 0 Å². The van der Waals surface area contributed by atoms with Gasteiger partial charge in [-0.25, -0.2) is 0 Å².